The van der Waals surface area contributed by atoms with Crippen LogP contribution in [0.4, 0.5) is 13.2 Å². The molecule has 0 spiro atoms. The molecule has 1 aromatic rings. The zero-order valence-corrected chi connectivity index (χ0v) is 12.0. The summed E-state index contributed by atoms with van der Waals surface area (Å²) in [7, 11) is 1.49. The highest BCUT2D eigenvalue weighted by Crippen LogP contribution is 2.31. The van der Waals surface area contributed by atoms with Gasteiger partial charge in [-0.15, -0.1) is 12.4 Å². The van der Waals surface area contributed by atoms with E-state index in [9.17, 15) is 13.2 Å². The summed E-state index contributed by atoms with van der Waals surface area (Å²) >= 11 is 3.26. The largest absolute Gasteiger partial charge is 0.497 e. The lowest BCUT2D eigenvalue weighted by Crippen LogP contribution is -2.16. The van der Waals surface area contributed by atoms with Crippen LogP contribution in [0.1, 0.15) is 24.4 Å². The van der Waals surface area contributed by atoms with Crippen molar-refractivity contribution in [1.29, 1.82) is 0 Å². The maximum absolute atomic E-state index is 12.1. The molecule has 0 saturated heterocycles. The highest BCUT2D eigenvalue weighted by atomic mass is 79.9. The predicted molar refractivity (Wildman–Crippen MR) is 70.2 cm³/mol. The number of rotatable bonds is 4. The number of hydrogen-bond acceptors (Lipinski definition) is 2. The van der Waals surface area contributed by atoms with Crippen LogP contribution in [0.2, 0.25) is 0 Å². The van der Waals surface area contributed by atoms with Gasteiger partial charge < -0.3 is 10.5 Å². The first-order chi connectivity index (χ1) is 7.83. The summed E-state index contributed by atoms with van der Waals surface area (Å²) in [6, 6.07) is 4.40. The van der Waals surface area contributed by atoms with E-state index in [0.717, 1.165) is 0 Å². The van der Waals surface area contributed by atoms with E-state index < -0.39 is 18.6 Å². The minimum atomic E-state index is -4.18. The maximum atomic E-state index is 12.1. The van der Waals surface area contributed by atoms with Gasteiger partial charge >= 0.3 is 6.18 Å². The van der Waals surface area contributed by atoms with E-state index in [2.05, 4.69) is 15.9 Å². The zero-order chi connectivity index (χ0) is 13.1. The lowest BCUT2D eigenvalue weighted by molar-refractivity contribution is -0.136. The molecule has 0 fully saturated rings. The summed E-state index contributed by atoms with van der Waals surface area (Å²) in [6.45, 7) is 0. The molecule has 2 N–H and O–H groups in total. The molecule has 1 aromatic carbocycles. The van der Waals surface area contributed by atoms with Gasteiger partial charge in [-0.2, -0.15) is 13.2 Å². The second kappa shape index (κ2) is 7.21. The minimum absolute atomic E-state index is 0. The van der Waals surface area contributed by atoms with Gasteiger partial charge in [0.1, 0.15) is 5.75 Å². The van der Waals surface area contributed by atoms with E-state index in [1.165, 1.54) is 7.11 Å². The molecule has 0 radical (unpaired) electrons. The van der Waals surface area contributed by atoms with Crippen LogP contribution in [0.3, 0.4) is 0 Å². The highest BCUT2D eigenvalue weighted by Gasteiger charge is 2.28. The standard InChI is InChI=1S/C11H13BrF3NO.ClH/c1-17-7-2-3-9(12)8(6-7)10(16)4-5-11(13,14)15;/h2-3,6,10H,4-5,16H2,1H3;1H/t10-;/m1./s1. The fourth-order valence-corrected chi connectivity index (χ4v) is 1.95. The monoisotopic (exact) mass is 347 g/mol. The molecule has 0 unspecified atom stereocenters. The number of hydrogen-bond donors (Lipinski definition) is 1. The maximum Gasteiger partial charge on any atom is 0.389 e. The Hall–Kier alpha value is -0.460. The molecule has 1 rings (SSSR count). The van der Waals surface area contributed by atoms with Crippen molar-refractivity contribution in [1.82, 2.24) is 0 Å². The van der Waals surface area contributed by atoms with Gasteiger partial charge in [-0.05, 0) is 30.2 Å². The molecule has 18 heavy (non-hydrogen) atoms. The first-order valence-electron chi connectivity index (χ1n) is 4.99. The lowest BCUT2D eigenvalue weighted by Gasteiger charge is -2.16. The third kappa shape index (κ3) is 5.46. The minimum Gasteiger partial charge on any atom is -0.497 e. The van der Waals surface area contributed by atoms with E-state index in [-0.39, 0.29) is 18.8 Å². The van der Waals surface area contributed by atoms with Crippen molar-refractivity contribution >= 4 is 28.3 Å². The molecular weight excluding hydrogens is 334 g/mol. The van der Waals surface area contributed by atoms with Crippen molar-refractivity contribution in [3.63, 3.8) is 0 Å². The molecule has 7 heteroatoms. The summed E-state index contributed by atoms with van der Waals surface area (Å²) in [5, 5.41) is 0. The molecule has 0 aromatic heterocycles. The van der Waals surface area contributed by atoms with Gasteiger partial charge in [0.15, 0.2) is 0 Å². The first-order valence-corrected chi connectivity index (χ1v) is 5.78. The Morgan fingerprint density at radius 1 is 1.39 bits per heavy atom. The Morgan fingerprint density at radius 3 is 2.50 bits per heavy atom. The lowest BCUT2D eigenvalue weighted by atomic mass is 10.0. The Morgan fingerprint density at radius 2 is 2.00 bits per heavy atom. The van der Waals surface area contributed by atoms with Crippen molar-refractivity contribution in [2.45, 2.75) is 25.1 Å². The average molecular weight is 349 g/mol. The second-order valence-electron chi connectivity index (χ2n) is 3.65. The van der Waals surface area contributed by atoms with E-state index in [1.807, 2.05) is 0 Å². The van der Waals surface area contributed by atoms with Crippen LogP contribution in [0.5, 0.6) is 5.75 Å². The fraction of sp³-hybridized carbons (Fsp3) is 0.455. The van der Waals surface area contributed by atoms with E-state index in [4.69, 9.17) is 10.5 Å². The summed E-state index contributed by atoms with van der Waals surface area (Å²) < 4.78 is 42.0. The van der Waals surface area contributed by atoms with Gasteiger partial charge in [0.05, 0.1) is 7.11 Å². The SMILES string of the molecule is COc1ccc(Br)c([C@H](N)CCC(F)(F)F)c1.Cl. The van der Waals surface area contributed by atoms with Crippen LogP contribution < -0.4 is 10.5 Å². The molecular formula is C11H14BrClF3NO. The van der Waals surface area contributed by atoms with Gasteiger partial charge in [-0.1, -0.05) is 15.9 Å². The van der Waals surface area contributed by atoms with Crippen molar-refractivity contribution < 1.29 is 17.9 Å². The van der Waals surface area contributed by atoms with Gasteiger partial charge in [-0.25, -0.2) is 0 Å². The van der Waals surface area contributed by atoms with Crippen molar-refractivity contribution in [3.05, 3.63) is 28.2 Å². The van der Waals surface area contributed by atoms with Gasteiger partial charge in [-0.3, -0.25) is 0 Å². The Balaban J connectivity index is 0.00000289. The van der Waals surface area contributed by atoms with Gasteiger partial charge in [0, 0.05) is 16.9 Å². The normalized spacial score (nSPS) is 12.8. The zero-order valence-electron chi connectivity index (χ0n) is 9.63. The molecule has 1 atom stereocenters. The van der Waals surface area contributed by atoms with Crippen LogP contribution in [-0.2, 0) is 0 Å². The van der Waals surface area contributed by atoms with Crippen molar-refractivity contribution in [2.75, 3.05) is 7.11 Å². The third-order valence-corrected chi connectivity index (χ3v) is 3.06. The topological polar surface area (TPSA) is 35.2 Å². The molecule has 104 valence electrons. The molecule has 2 nitrogen and oxygen atoms in total. The Bertz CT molecular complexity index is 387. The predicted octanol–water partition coefficient (Wildman–Crippen LogP) is 4.22. The van der Waals surface area contributed by atoms with Crippen LogP contribution in [0, 0.1) is 0 Å². The molecule has 0 aliphatic carbocycles. The van der Waals surface area contributed by atoms with E-state index in [0.29, 0.717) is 15.8 Å². The summed E-state index contributed by atoms with van der Waals surface area (Å²) in [5.74, 6) is 0.575. The quantitative estimate of drug-likeness (QED) is 0.884. The van der Waals surface area contributed by atoms with Crippen LogP contribution in [-0.4, -0.2) is 13.3 Å². The molecule has 0 amide bonds. The van der Waals surface area contributed by atoms with Crippen molar-refractivity contribution in [3.8, 4) is 5.75 Å². The van der Waals surface area contributed by atoms with Gasteiger partial charge in [0.2, 0.25) is 0 Å². The number of benzene rings is 1. The molecule has 0 saturated carbocycles. The number of alkyl halides is 3. The smallest absolute Gasteiger partial charge is 0.389 e. The molecule has 0 bridgehead atoms. The van der Waals surface area contributed by atoms with Crippen LogP contribution in [0.25, 0.3) is 0 Å². The second-order valence-corrected chi connectivity index (χ2v) is 4.50. The number of methoxy groups -OCH3 is 1. The average Bonchev–Trinajstić information content (AvgIpc) is 2.25. The van der Waals surface area contributed by atoms with Crippen LogP contribution in [0.15, 0.2) is 22.7 Å². The molecule has 0 heterocycles. The van der Waals surface area contributed by atoms with Crippen LogP contribution >= 0.6 is 28.3 Å². The van der Waals surface area contributed by atoms with E-state index in [1.54, 1.807) is 18.2 Å². The summed E-state index contributed by atoms with van der Waals surface area (Å²) in [6.07, 6.45) is -5.21. The summed E-state index contributed by atoms with van der Waals surface area (Å²) in [4.78, 5) is 0. The first kappa shape index (κ1) is 17.5. The Labute approximate surface area is 118 Å². The summed E-state index contributed by atoms with van der Waals surface area (Å²) in [5.41, 5.74) is 6.36. The number of halogens is 5. The van der Waals surface area contributed by atoms with E-state index >= 15 is 0 Å². The molecule has 0 aliphatic rings. The van der Waals surface area contributed by atoms with Gasteiger partial charge in [0.25, 0.3) is 0 Å². The number of ether oxygens (including phenoxy) is 1. The number of nitrogens with two attached hydrogens (primary N) is 1. The third-order valence-electron chi connectivity index (χ3n) is 2.34. The Kier molecular flexibility index (Phi) is 7.02. The highest BCUT2D eigenvalue weighted by molar-refractivity contribution is 9.10. The fourth-order valence-electron chi connectivity index (χ4n) is 1.41. The van der Waals surface area contributed by atoms with Crippen molar-refractivity contribution in [2.24, 2.45) is 5.73 Å². The molecule has 0 aliphatic heterocycles.